The molecule has 2 saturated carbocycles. The maximum atomic E-state index is 12.2. The molecule has 2 aliphatic rings. The van der Waals surface area contributed by atoms with Crippen molar-refractivity contribution in [3.8, 4) is 0 Å². The SMILES string of the molecule is Cl.Cl.NC1CC2CCCC(C1)C2NC(=O)c1cccnc1. The smallest absolute Gasteiger partial charge is 0.253 e. The van der Waals surface area contributed by atoms with Crippen molar-refractivity contribution in [1.82, 2.24) is 10.3 Å². The lowest BCUT2D eigenvalue weighted by molar-refractivity contribution is 0.0755. The maximum absolute atomic E-state index is 12.2. The number of amides is 1. The van der Waals surface area contributed by atoms with Gasteiger partial charge in [-0.25, -0.2) is 0 Å². The summed E-state index contributed by atoms with van der Waals surface area (Å²) in [6.45, 7) is 0. The van der Waals surface area contributed by atoms with Crippen molar-refractivity contribution in [1.29, 1.82) is 0 Å². The van der Waals surface area contributed by atoms with Crippen molar-refractivity contribution >= 4 is 30.7 Å². The normalized spacial score (nSPS) is 30.5. The Bertz CT molecular complexity index is 443. The van der Waals surface area contributed by atoms with Crippen LogP contribution in [0.4, 0.5) is 0 Å². The summed E-state index contributed by atoms with van der Waals surface area (Å²) in [5.74, 6) is 1.12. The highest BCUT2D eigenvalue weighted by atomic mass is 35.5. The zero-order valence-corrected chi connectivity index (χ0v) is 13.5. The first kappa shape index (κ1) is 18.2. The molecule has 2 bridgehead atoms. The van der Waals surface area contributed by atoms with Gasteiger partial charge in [0, 0.05) is 24.5 Å². The first-order chi connectivity index (χ1) is 9.24. The highest BCUT2D eigenvalue weighted by Gasteiger charge is 2.39. The molecule has 2 fully saturated rings. The van der Waals surface area contributed by atoms with Crippen LogP contribution in [0.2, 0.25) is 0 Å². The number of nitrogens with zero attached hydrogens (tertiary/aromatic N) is 1. The van der Waals surface area contributed by atoms with E-state index in [9.17, 15) is 4.79 Å². The zero-order valence-electron chi connectivity index (χ0n) is 11.9. The van der Waals surface area contributed by atoms with Gasteiger partial charge in [0.25, 0.3) is 5.91 Å². The molecule has 3 rings (SSSR count). The molecule has 0 radical (unpaired) electrons. The van der Waals surface area contributed by atoms with Gasteiger partial charge in [0.15, 0.2) is 0 Å². The number of fused-ring (bicyclic) bond motifs is 2. The number of hydrogen-bond acceptors (Lipinski definition) is 3. The molecule has 21 heavy (non-hydrogen) atoms. The molecule has 4 nitrogen and oxygen atoms in total. The van der Waals surface area contributed by atoms with Gasteiger partial charge in [-0.15, -0.1) is 24.8 Å². The van der Waals surface area contributed by atoms with E-state index in [-0.39, 0.29) is 30.7 Å². The van der Waals surface area contributed by atoms with Crippen LogP contribution in [0.15, 0.2) is 24.5 Å². The summed E-state index contributed by atoms with van der Waals surface area (Å²) in [6, 6.07) is 4.24. The van der Waals surface area contributed by atoms with E-state index >= 15 is 0 Å². The average Bonchev–Trinajstić information content (AvgIpc) is 2.41. The van der Waals surface area contributed by atoms with Crippen molar-refractivity contribution in [2.75, 3.05) is 0 Å². The Morgan fingerprint density at radius 3 is 2.48 bits per heavy atom. The Balaban J connectivity index is 0.00000110. The number of carbonyl (C=O) groups excluding carboxylic acids is 1. The number of nitrogens with one attached hydrogen (secondary N) is 1. The largest absolute Gasteiger partial charge is 0.349 e. The molecule has 0 saturated heterocycles. The van der Waals surface area contributed by atoms with E-state index in [1.54, 1.807) is 18.5 Å². The first-order valence-corrected chi connectivity index (χ1v) is 7.20. The van der Waals surface area contributed by atoms with Gasteiger partial charge in [-0.05, 0) is 49.7 Å². The molecule has 1 amide bonds. The van der Waals surface area contributed by atoms with Crippen LogP contribution in [-0.4, -0.2) is 23.0 Å². The lowest BCUT2D eigenvalue weighted by Gasteiger charge is -2.45. The van der Waals surface area contributed by atoms with Gasteiger partial charge in [0.1, 0.15) is 0 Å². The highest BCUT2D eigenvalue weighted by molar-refractivity contribution is 5.94. The van der Waals surface area contributed by atoms with E-state index in [2.05, 4.69) is 10.3 Å². The van der Waals surface area contributed by atoms with E-state index in [0.717, 1.165) is 12.8 Å². The fourth-order valence-corrected chi connectivity index (χ4v) is 3.76. The van der Waals surface area contributed by atoms with Crippen LogP contribution in [0.1, 0.15) is 42.5 Å². The van der Waals surface area contributed by atoms with Crippen molar-refractivity contribution in [2.45, 2.75) is 44.2 Å². The molecule has 2 unspecified atom stereocenters. The van der Waals surface area contributed by atoms with Gasteiger partial charge in [-0.3, -0.25) is 9.78 Å². The second kappa shape index (κ2) is 7.97. The molecule has 3 N–H and O–H groups in total. The average molecular weight is 332 g/mol. The number of nitrogens with two attached hydrogens (primary N) is 1. The Labute approximate surface area is 138 Å². The van der Waals surface area contributed by atoms with E-state index in [1.807, 2.05) is 6.07 Å². The third-order valence-corrected chi connectivity index (χ3v) is 4.60. The predicted octanol–water partition coefficient (Wildman–Crippen LogP) is 2.56. The molecule has 2 aliphatic carbocycles. The fourth-order valence-electron chi connectivity index (χ4n) is 3.76. The minimum Gasteiger partial charge on any atom is -0.349 e. The number of aromatic nitrogens is 1. The summed E-state index contributed by atoms with van der Waals surface area (Å²) >= 11 is 0. The molecule has 2 atom stereocenters. The molecule has 118 valence electrons. The number of pyridine rings is 1. The van der Waals surface area contributed by atoms with E-state index in [4.69, 9.17) is 5.73 Å². The summed E-state index contributed by atoms with van der Waals surface area (Å²) in [5, 5.41) is 3.22. The fraction of sp³-hybridized carbons (Fsp3) is 0.600. The monoisotopic (exact) mass is 331 g/mol. The number of rotatable bonds is 2. The van der Waals surface area contributed by atoms with Crippen molar-refractivity contribution < 1.29 is 4.79 Å². The van der Waals surface area contributed by atoms with E-state index < -0.39 is 0 Å². The maximum Gasteiger partial charge on any atom is 0.253 e. The standard InChI is InChI=1S/C15H21N3O.2ClH/c16-13-7-10-3-1-4-11(8-13)14(10)18-15(19)12-5-2-6-17-9-12;;/h2,5-6,9-11,13-14H,1,3-4,7-8,16H2,(H,18,19);2*1H. The van der Waals surface area contributed by atoms with Crippen LogP contribution in [-0.2, 0) is 0 Å². The minimum atomic E-state index is 0. The highest BCUT2D eigenvalue weighted by Crippen LogP contribution is 2.39. The molecule has 6 heteroatoms. The van der Waals surface area contributed by atoms with Crippen molar-refractivity contribution in [3.63, 3.8) is 0 Å². The summed E-state index contributed by atoms with van der Waals surface area (Å²) in [5.41, 5.74) is 6.76. The van der Waals surface area contributed by atoms with Crippen LogP contribution >= 0.6 is 24.8 Å². The van der Waals surface area contributed by atoms with Gasteiger partial charge in [0.2, 0.25) is 0 Å². The zero-order chi connectivity index (χ0) is 13.2. The van der Waals surface area contributed by atoms with Gasteiger partial charge in [-0.2, -0.15) is 0 Å². The molecule has 0 aromatic carbocycles. The summed E-state index contributed by atoms with van der Waals surface area (Å²) in [6.07, 6.45) is 9.08. The number of carbonyl (C=O) groups is 1. The quantitative estimate of drug-likeness (QED) is 0.875. The molecule has 1 heterocycles. The third kappa shape index (κ3) is 4.09. The second-order valence-electron chi connectivity index (χ2n) is 5.92. The van der Waals surface area contributed by atoms with Crippen LogP contribution in [0, 0.1) is 11.8 Å². The summed E-state index contributed by atoms with van der Waals surface area (Å²) < 4.78 is 0. The van der Waals surface area contributed by atoms with Gasteiger partial charge >= 0.3 is 0 Å². The Hall–Kier alpha value is -0.840. The Kier molecular flexibility index (Phi) is 6.91. The van der Waals surface area contributed by atoms with Crippen LogP contribution in [0.5, 0.6) is 0 Å². The first-order valence-electron chi connectivity index (χ1n) is 7.20. The van der Waals surface area contributed by atoms with Gasteiger partial charge in [0.05, 0.1) is 5.56 Å². The molecule has 1 aromatic rings. The van der Waals surface area contributed by atoms with Gasteiger partial charge < -0.3 is 11.1 Å². The summed E-state index contributed by atoms with van der Waals surface area (Å²) in [4.78, 5) is 16.2. The molecular weight excluding hydrogens is 309 g/mol. The van der Waals surface area contributed by atoms with E-state index in [0.29, 0.717) is 29.5 Å². The van der Waals surface area contributed by atoms with Crippen LogP contribution in [0.3, 0.4) is 0 Å². The predicted molar refractivity (Wildman–Crippen MR) is 88.0 cm³/mol. The Morgan fingerprint density at radius 2 is 1.90 bits per heavy atom. The topological polar surface area (TPSA) is 68.0 Å². The third-order valence-electron chi connectivity index (χ3n) is 4.60. The Morgan fingerprint density at radius 1 is 1.24 bits per heavy atom. The lowest BCUT2D eigenvalue weighted by Crippen LogP contribution is -2.53. The van der Waals surface area contributed by atoms with Crippen LogP contribution < -0.4 is 11.1 Å². The minimum absolute atomic E-state index is 0. The van der Waals surface area contributed by atoms with Crippen molar-refractivity contribution in [2.24, 2.45) is 17.6 Å². The van der Waals surface area contributed by atoms with Crippen molar-refractivity contribution in [3.05, 3.63) is 30.1 Å². The molecule has 0 spiro atoms. The number of halogens is 2. The van der Waals surface area contributed by atoms with Gasteiger partial charge in [-0.1, -0.05) is 6.42 Å². The lowest BCUT2D eigenvalue weighted by atomic mass is 9.67. The molecule has 0 aliphatic heterocycles. The van der Waals surface area contributed by atoms with E-state index in [1.165, 1.54) is 19.3 Å². The summed E-state index contributed by atoms with van der Waals surface area (Å²) in [7, 11) is 0. The second-order valence-corrected chi connectivity index (χ2v) is 5.92. The van der Waals surface area contributed by atoms with Crippen LogP contribution in [0.25, 0.3) is 0 Å². The molecular formula is C15H23Cl2N3O. The number of hydrogen-bond donors (Lipinski definition) is 2. The molecule has 1 aromatic heterocycles.